The molecule has 3 N–H and O–H groups in total. The number of benzene rings is 1. The number of aryl methyl sites for hydroxylation is 1. The van der Waals surface area contributed by atoms with Crippen LogP contribution in [0.2, 0.25) is 0 Å². The van der Waals surface area contributed by atoms with Crippen LogP contribution in [0.3, 0.4) is 0 Å². The second-order valence-electron chi connectivity index (χ2n) is 6.72. The predicted octanol–water partition coefficient (Wildman–Crippen LogP) is 1.82. The predicted molar refractivity (Wildman–Crippen MR) is 103 cm³/mol. The van der Waals surface area contributed by atoms with Gasteiger partial charge in [0.1, 0.15) is 0 Å². The summed E-state index contributed by atoms with van der Waals surface area (Å²) in [5, 5.41) is 7.55. The molecular formula is C19H22FN5O4. The first kappa shape index (κ1) is 20.5. The lowest BCUT2D eigenvalue weighted by Gasteiger charge is -2.24. The summed E-state index contributed by atoms with van der Waals surface area (Å²) < 4.78 is 19.7. The molecule has 0 saturated carbocycles. The smallest absolute Gasteiger partial charge is 0.385 e. The van der Waals surface area contributed by atoms with Crippen LogP contribution >= 0.6 is 0 Å². The van der Waals surface area contributed by atoms with E-state index in [4.69, 9.17) is 10.5 Å². The van der Waals surface area contributed by atoms with E-state index >= 15 is 0 Å². The number of rotatable bonds is 7. The summed E-state index contributed by atoms with van der Waals surface area (Å²) >= 11 is 0. The Hall–Kier alpha value is -3.27. The van der Waals surface area contributed by atoms with Crippen molar-refractivity contribution in [1.82, 2.24) is 14.7 Å². The van der Waals surface area contributed by atoms with Crippen LogP contribution < -0.4 is 11.1 Å². The number of fused-ring (bicyclic) bond motifs is 1. The van der Waals surface area contributed by atoms with Gasteiger partial charge in [-0.3, -0.25) is 9.59 Å². The van der Waals surface area contributed by atoms with E-state index in [-0.39, 0.29) is 18.9 Å². The number of nitrogens with zero attached hydrogens (tertiary/aromatic N) is 3. The van der Waals surface area contributed by atoms with Gasteiger partial charge < -0.3 is 20.7 Å². The first-order valence-electron chi connectivity index (χ1n) is 9.06. The average molecular weight is 403 g/mol. The molecular weight excluding hydrogens is 381 g/mol. The lowest BCUT2D eigenvalue weighted by Crippen LogP contribution is -2.37. The first-order valence-corrected chi connectivity index (χ1v) is 9.06. The van der Waals surface area contributed by atoms with Crippen LogP contribution in [0, 0.1) is 6.92 Å². The van der Waals surface area contributed by atoms with Crippen LogP contribution in [0.15, 0.2) is 18.2 Å². The van der Waals surface area contributed by atoms with Crippen molar-refractivity contribution in [1.29, 1.82) is 0 Å². The highest BCUT2D eigenvalue weighted by Crippen LogP contribution is 2.27. The highest BCUT2D eigenvalue weighted by atomic mass is 19.1. The maximum atomic E-state index is 13.2. The van der Waals surface area contributed by atoms with Crippen LogP contribution in [0.4, 0.5) is 14.9 Å². The Bertz CT molecular complexity index is 972. The fraction of sp³-hybridized carbons (Fsp3) is 0.368. The van der Waals surface area contributed by atoms with E-state index in [1.54, 1.807) is 32.2 Å². The summed E-state index contributed by atoms with van der Waals surface area (Å²) in [6.07, 6.45) is -0.948. The minimum Gasteiger partial charge on any atom is -0.385 e. The van der Waals surface area contributed by atoms with Gasteiger partial charge in [-0.05, 0) is 31.5 Å². The van der Waals surface area contributed by atoms with Crippen molar-refractivity contribution in [3.63, 3.8) is 0 Å². The summed E-state index contributed by atoms with van der Waals surface area (Å²) in [6.45, 7) is 2.39. The molecule has 2 heterocycles. The molecule has 0 saturated heterocycles. The Balaban J connectivity index is 2.01. The minimum absolute atomic E-state index is 0.0780. The number of ketones is 1. The normalized spacial score (nSPS) is 13.3. The van der Waals surface area contributed by atoms with Gasteiger partial charge in [0.25, 0.3) is 5.91 Å². The number of carbonyl (C=O) groups excluding carboxylic acids is 3. The molecule has 29 heavy (non-hydrogen) atoms. The number of hydrogen-bond donors (Lipinski definition) is 2. The van der Waals surface area contributed by atoms with Gasteiger partial charge in [-0.1, -0.05) is 0 Å². The van der Waals surface area contributed by atoms with E-state index in [1.807, 2.05) is 0 Å². The Kier molecular flexibility index (Phi) is 5.92. The molecule has 10 heteroatoms. The van der Waals surface area contributed by atoms with Crippen LogP contribution in [0.1, 0.15) is 38.5 Å². The number of nitrogens with two attached hydrogens (primary N) is 1. The maximum absolute atomic E-state index is 13.2. The van der Waals surface area contributed by atoms with E-state index in [9.17, 15) is 18.8 Å². The molecule has 0 bridgehead atoms. The summed E-state index contributed by atoms with van der Waals surface area (Å²) in [5.74, 6) is -0.957. The summed E-state index contributed by atoms with van der Waals surface area (Å²) in [4.78, 5) is 36.1. The van der Waals surface area contributed by atoms with Gasteiger partial charge >= 0.3 is 6.16 Å². The van der Waals surface area contributed by atoms with E-state index < -0.39 is 12.1 Å². The van der Waals surface area contributed by atoms with Gasteiger partial charge in [0.05, 0.1) is 41.3 Å². The summed E-state index contributed by atoms with van der Waals surface area (Å²) in [5.41, 5.74) is 8.12. The molecule has 0 radical (unpaired) electrons. The molecule has 0 aliphatic carbocycles. The van der Waals surface area contributed by atoms with Crippen molar-refractivity contribution in [2.75, 3.05) is 32.1 Å². The Morgan fingerprint density at radius 1 is 1.34 bits per heavy atom. The molecule has 1 aromatic heterocycles. The molecule has 3 rings (SSSR count). The lowest BCUT2D eigenvalue weighted by molar-refractivity contribution is 0.0900. The largest absolute Gasteiger partial charge is 0.400 e. The highest BCUT2D eigenvalue weighted by molar-refractivity contribution is 6.02. The zero-order valence-electron chi connectivity index (χ0n) is 16.2. The van der Waals surface area contributed by atoms with Gasteiger partial charge in [0.15, 0.2) is 5.78 Å². The van der Waals surface area contributed by atoms with Crippen LogP contribution in [-0.4, -0.2) is 59.3 Å². The van der Waals surface area contributed by atoms with Gasteiger partial charge in [0, 0.05) is 25.9 Å². The van der Waals surface area contributed by atoms with Crippen LogP contribution in [0.5, 0.6) is 0 Å². The molecule has 1 aliphatic rings. The number of ether oxygens (including phenoxy) is 1. The molecule has 9 nitrogen and oxygen atoms in total. The first-order chi connectivity index (χ1) is 13.8. The molecule has 1 aromatic carbocycles. The molecule has 1 aliphatic heterocycles. The van der Waals surface area contributed by atoms with Gasteiger partial charge in [-0.15, -0.1) is 4.39 Å². The third-order valence-corrected chi connectivity index (χ3v) is 4.71. The van der Waals surface area contributed by atoms with Crippen LogP contribution in [-0.2, 0) is 11.3 Å². The average Bonchev–Trinajstić information content (AvgIpc) is 3.02. The number of anilines is 1. The van der Waals surface area contributed by atoms with Gasteiger partial charge in [-0.25, -0.2) is 9.48 Å². The van der Waals surface area contributed by atoms with Crippen molar-refractivity contribution >= 4 is 23.5 Å². The third kappa shape index (κ3) is 4.11. The van der Waals surface area contributed by atoms with E-state index in [0.717, 1.165) is 11.3 Å². The van der Waals surface area contributed by atoms with E-state index in [2.05, 4.69) is 10.4 Å². The zero-order valence-corrected chi connectivity index (χ0v) is 16.2. The fourth-order valence-corrected chi connectivity index (χ4v) is 3.38. The minimum atomic E-state index is -1.67. The molecule has 0 spiro atoms. The van der Waals surface area contributed by atoms with Crippen molar-refractivity contribution in [3.05, 3.63) is 40.7 Å². The molecule has 0 fully saturated rings. The van der Waals surface area contributed by atoms with Gasteiger partial charge in [0.2, 0.25) is 0 Å². The lowest BCUT2D eigenvalue weighted by atomic mass is 10.0. The van der Waals surface area contributed by atoms with Crippen LogP contribution in [0.25, 0.3) is 5.69 Å². The maximum Gasteiger partial charge on any atom is 0.400 e. The molecule has 0 atom stereocenters. The Labute approximate surface area is 166 Å². The molecule has 0 unspecified atom stereocenters. The molecule has 154 valence electrons. The quantitative estimate of drug-likeness (QED) is 0.413. The number of aromatic nitrogens is 2. The number of halogens is 1. The number of hydrogen-bond acceptors (Lipinski definition) is 6. The standard InChI is InChI=1S/C19H22FN5O4/c1-11-17-15(9-24(19(20)28)10-16(17)26)25(23-11)12-4-5-13(18(21)27)14(8-12)22-6-3-7-29-2/h4-5,8,22H,3,6-7,9-10H2,1-2H3,(H2,21,27). The number of primary amides is 1. The molecule has 2 aromatic rings. The summed E-state index contributed by atoms with van der Waals surface area (Å²) in [7, 11) is 1.60. The SMILES string of the molecule is COCCCNc1cc(-n2nc(C)c3c2CN(C(=O)F)CC3=O)ccc1C(N)=O. The molecule has 2 amide bonds. The number of amides is 2. The zero-order chi connectivity index (χ0) is 21.1. The van der Waals surface area contributed by atoms with Crippen molar-refractivity contribution in [2.24, 2.45) is 5.73 Å². The number of carbonyl (C=O) groups is 3. The summed E-state index contributed by atoms with van der Waals surface area (Å²) in [6, 6.07) is 4.87. The van der Waals surface area contributed by atoms with E-state index in [1.165, 1.54) is 4.68 Å². The number of methoxy groups -OCH3 is 1. The second-order valence-corrected chi connectivity index (χ2v) is 6.72. The van der Waals surface area contributed by atoms with Crippen molar-refractivity contribution in [3.8, 4) is 5.69 Å². The Morgan fingerprint density at radius 2 is 2.10 bits per heavy atom. The highest BCUT2D eigenvalue weighted by Gasteiger charge is 2.32. The second kappa shape index (κ2) is 8.39. The monoisotopic (exact) mass is 403 g/mol. The fourth-order valence-electron chi connectivity index (χ4n) is 3.38. The number of Topliss-reactive ketones (excluding diaryl/α,β-unsaturated/α-hetero) is 1. The van der Waals surface area contributed by atoms with Crippen molar-refractivity contribution in [2.45, 2.75) is 19.9 Å². The van der Waals surface area contributed by atoms with Gasteiger partial charge in [-0.2, -0.15) is 5.10 Å². The van der Waals surface area contributed by atoms with E-state index in [0.29, 0.717) is 47.0 Å². The third-order valence-electron chi connectivity index (χ3n) is 4.71. The Morgan fingerprint density at radius 3 is 2.76 bits per heavy atom. The van der Waals surface area contributed by atoms with Crippen molar-refractivity contribution < 1.29 is 23.5 Å². The topological polar surface area (TPSA) is 120 Å². The number of nitrogens with one attached hydrogen (secondary N) is 1.